The SMILES string of the molecule is O=C(Nc1ccc(Cn2ccccc2=O)cc1)[C@H]1CCCN1C(=O)C12CC3CC(CC(C3)C1)C2. The first kappa shape index (κ1) is 21.6. The first-order chi connectivity index (χ1) is 16.5. The van der Waals surface area contributed by atoms with Crippen LogP contribution in [-0.2, 0) is 16.1 Å². The molecule has 2 amide bonds. The Labute approximate surface area is 200 Å². The van der Waals surface area contributed by atoms with Crippen LogP contribution in [0.25, 0.3) is 0 Å². The van der Waals surface area contributed by atoms with E-state index in [0.717, 1.165) is 61.1 Å². The third-order valence-electron chi connectivity index (χ3n) is 8.78. The monoisotopic (exact) mass is 459 g/mol. The van der Waals surface area contributed by atoms with Crippen LogP contribution in [0.3, 0.4) is 0 Å². The van der Waals surface area contributed by atoms with E-state index in [9.17, 15) is 14.4 Å². The van der Waals surface area contributed by atoms with Crippen molar-refractivity contribution in [1.82, 2.24) is 9.47 Å². The van der Waals surface area contributed by atoms with Gasteiger partial charge < -0.3 is 14.8 Å². The normalized spacial score (nSPS) is 31.6. The van der Waals surface area contributed by atoms with Crippen molar-refractivity contribution in [3.63, 3.8) is 0 Å². The second kappa shape index (κ2) is 8.40. The Kier molecular flexibility index (Phi) is 5.34. The standard InChI is InChI=1S/C28H33N3O3/c32-25-5-1-2-10-30(25)18-19-6-8-23(9-7-19)29-26(33)24-4-3-11-31(24)27(34)28-15-20-12-21(16-28)14-22(13-20)17-28/h1-2,5-10,20-22,24H,3-4,11-18H2,(H,29,33)/t20?,21?,22?,24-,28?/m1/s1. The van der Waals surface area contributed by atoms with E-state index in [4.69, 9.17) is 0 Å². The lowest BCUT2D eigenvalue weighted by Crippen LogP contribution is -2.56. The number of anilines is 1. The molecule has 4 saturated carbocycles. The number of aromatic nitrogens is 1. The molecule has 6 heteroatoms. The van der Waals surface area contributed by atoms with Crippen molar-refractivity contribution in [1.29, 1.82) is 0 Å². The number of pyridine rings is 1. The van der Waals surface area contributed by atoms with Crippen LogP contribution in [0.15, 0.2) is 53.5 Å². The lowest BCUT2D eigenvalue weighted by Gasteiger charge is -2.56. The van der Waals surface area contributed by atoms with Crippen LogP contribution in [0, 0.1) is 23.2 Å². The van der Waals surface area contributed by atoms with Gasteiger partial charge in [-0.2, -0.15) is 0 Å². The molecule has 1 aliphatic heterocycles. The van der Waals surface area contributed by atoms with Gasteiger partial charge in [-0.25, -0.2) is 0 Å². The molecule has 4 aliphatic carbocycles. The molecule has 178 valence electrons. The maximum absolute atomic E-state index is 13.8. The predicted molar refractivity (Wildman–Crippen MR) is 130 cm³/mol. The summed E-state index contributed by atoms with van der Waals surface area (Å²) in [5, 5.41) is 3.04. The van der Waals surface area contributed by atoms with Gasteiger partial charge in [-0.15, -0.1) is 0 Å². The number of rotatable bonds is 5. The van der Waals surface area contributed by atoms with Gasteiger partial charge in [-0.05, 0) is 92.9 Å². The summed E-state index contributed by atoms with van der Waals surface area (Å²) >= 11 is 0. The molecule has 1 N–H and O–H groups in total. The van der Waals surface area contributed by atoms with Crippen LogP contribution in [-0.4, -0.2) is 33.9 Å². The highest BCUT2D eigenvalue weighted by Gasteiger charge is 2.56. The number of hydrogen-bond donors (Lipinski definition) is 1. The number of hydrogen-bond acceptors (Lipinski definition) is 3. The van der Waals surface area contributed by atoms with Crippen molar-refractivity contribution in [2.75, 3.05) is 11.9 Å². The number of nitrogens with zero attached hydrogens (tertiary/aromatic N) is 2. The minimum Gasteiger partial charge on any atom is -0.330 e. The number of nitrogens with one attached hydrogen (secondary N) is 1. The fourth-order valence-electron chi connectivity index (χ4n) is 7.67. The Morgan fingerprint density at radius 3 is 2.26 bits per heavy atom. The van der Waals surface area contributed by atoms with Crippen LogP contribution >= 0.6 is 0 Å². The Morgan fingerprint density at radius 1 is 0.941 bits per heavy atom. The van der Waals surface area contributed by atoms with Crippen LogP contribution in [0.2, 0.25) is 0 Å². The number of benzene rings is 1. The second-order valence-electron chi connectivity index (χ2n) is 11.2. The summed E-state index contributed by atoms with van der Waals surface area (Å²) in [6.07, 6.45) is 10.4. The van der Waals surface area contributed by atoms with Crippen LogP contribution in [0.4, 0.5) is 5.69 Å². The van der Waals surface area contributed by atoms with Gasteiger partial charge in [0.1, 0.15) is 6.04 Å². The molecule has 1 saturated heterocycles. The molecular weight excluding hydrogens is 426 g/mol. The lowest BCUT2D eigenvalue weighted by atomic mass is 9.49. The van der Waals surface area contributed by atoms with Crippen molar-refractivity contribution in [3.05, 3.63) is 64.6 Å². The molecule has 1 atom stereocenters. The van der Waals surface area contributed by atoms with Crippen molar-refractivity contribution in [3.8, 4) is 0 Å². The molecule has 2 heterocycles. The minimum atomic E-state index is -0.372. The van der Waals surface area contributed by atoms with Crippen LogP contribution in [0.1, 0.15) is 56.9 Å². The molecular formula is C28H33N3O3. The van der Waals surface area contributed by atoms with E-state index in [2.05, 4.69) is 5.32 Å². The summed E-state index contributed by atoms with van der Waals surface area (Å²) in [6, 6.07) is 12.4. The average molecular weight is 460 g/mol. The number of carbonyl (C=O) groups is 2. The zero-order valence-corrected chi connectivity index (χ0v) is 19.6. The summed E-state index contributed by atoms with van der Waals surface area (Å²) in [7, 11) is 0. The van der Waals surface area contributed by atoms with E-state index in [1.165, 1.54) is 19.3 Å². The van der Waals surface area contributed by atoms with Crippen molar-refractivity contribution < 1.29 is 9.59 Å². The van der Waals surface area contributed by atoms with Crippen molar-refractivity contribution >= 4 is 17.5 Å². The molecule has 6 nitrogen and oxygen atoms in total. The van der Waals surface area contributed by atoms with Gasteiger partial charge in [0.2, 0.25) is 11.8 Å². The quantitative estimate of drug-likeness (QED) is 0.734. The number of likely N-dealkylation sites (tertiary alicyclic amines) is 1. The van der Waals surface area contributed by atoms with E-state index in [-0.39, 0.29) is 28.8 Å². The Balaban J connectivity index is 1.12. The first-order valence-corrected chi connectivity index (χ1v) is 12.9. The Hall–Kier alpha value is -2.89. The zero-order valence-electron chi connectivity index (χ0n) is 19.6. The van der Waals surface area contributed by atoms with E-state index in [1.807, 2.05) is 35.2 Å². The van der Waals surface area contributed by atoms with E-state index in [1.54, 1.807) is 22.9 Å². The third-order valence-corrected chi connectivity index (χ3v) is 8.78. The molecule has 0 spiro atoms. The van der Waals surface area contributed by atoms with Crippen molar-refractivity contribution in [2.45, 2.75) is 64.0 Å². The third kappa shape index (κ3) is 3.87. The number of carbonyl (C=O) groups excluding carboxylic acids is 2. The highest BCUT2D eigenvalue weighted by molar-refractivity contribution is 5.98. The summed E-state index contributed by atoms with van der Waals surface area (Å²) in [6.45, 7) is 1.19. The smallest absolute Gasteiger partial charge is 0.250 e. The highest BCUT2D eigenvalue weighted by Crippen LogP contribution is 2.60. The molecule has 4 bridgehead atoms. The highest BCUT2D eigenvalue weighted by atomic mass is 16.2. The Morgan fingerprint density at radius 2 is 1.62 bits per heavy atom. The fourth-order valence-corrected chi connectivity index (χ4v) is 7.67. The minimum absolute atomic E-state index is 0.0371. The first-order valence-electron chi connectivity index (χ1n) is 12.9. The maximum atomic E-state index is 13.8. The molecule has 7 rings (SSSR count). The Bertz CT molecular complexity index is 1120. The average Bonchev–Trinajstić information content (AvgIpc) is 3.30. The zero-order chi connectivity index (χ0) is 23.3. The van der Waals surface area contributed by atoms with Gasteiger partial charge in [-0.3, -0.25) is 14.4 Å². The summed E-state index contributed by atoms with van der Waals surface area (Å²) < 4.78 is 1.65. The molecule has 0 radical (unpaired) electrons. The van der Waals surface area contributed by atoms with Gasteiger partial charge >= 0.3 is 0 Å². The number of amides is 2. The molecule has 5 fully saturated rings. The van der Waals surface area contributed by atoms with E-state index < -0.39 is 0 Å². The van der Waals surface area contributed by atoms with Gasteiger partial charge in [0.05, 0.1) is 12.0 Å². The molecule has 0 unspecified atom stereocenters. The molecule has 1 aromatic carbocycles. The molecule has 2 aromatic rings. The van der Waals surface area contributed by atoms with Crippen LogP contribution in [0.5, 0.6) is 0 Å². The summed E-state index contributed by atoms with van der Waals surface area (Å²) in [5.74, 6) is 2.33. The van der Waals surface area contributed by atoms with Gasteiger partial charge in [-0.1, -0.05) is 18.2 Å². The summed E-state index contributed by atoms with van der Waals surface area (Å²) in [4.78, 5) is 40.9. The second-order valence-corrected chi connectivity index (χ2v) is 11.2. The van der Waals surface area contributed by atoms with Gasteiger partial charge in [0.15, 0.2) is 0 Å². The van der Waals surface area contributed by atoms with E-state index >= 15 is 0 Å². The largest absolute Gasteiger partial charge is 0.330 e. The van der Waals surface area contributed by atoms with Crippen LogP contribution < -0.4 is 10.9 Å². The molecule has 34 heavy (non-hydrogen) atoms. The van der Waals surface area contributed by atoms with Gasteiger partial charge in [0.25, 0.3) is 5.56 Å². The molecule has 5 aliphatic rings. The fraction of sp³-hybridized carbons (Fsp3) is 0.536. The van der Waals surface area contributed by atoms with Crippen molar-refractivity contribution in [2.24, 2.45) is 23.2 Å². The predicted octanol–water partition coefficient (Wildman–Crippen LogP) is 4.04. The topological polar surface area (TPSA) is 71.4 Å². The lowest BCUT2D eigenvalue weighted by molar-refractivity contribution is -0.160. The van der Waals surface area contributed by atoms with Gasteiger partial charge in [0, 0.05) is 24.5 Å². The maximum Gasteiger partial charge on any atom is 0.250 e. The molecule has 1 aromatic heterocycles. The summed E-state index contributed by atoms with van der Waals surface area (Å²) in [5.41, 5.74) is 1.48. The van der Waals surface area contributed by atoms with E-state index in [0.29, 0.717) is 13.1 Å².